The van der Waals surface area contributed by atoms with Gasteiger partial charge in [0.05, 0.1) is 7.11 Å². The van der Waals surface area contributed by atoms with Gasteiger partial charge in [-0.1, -0.05) is 29.3 Å². The highest BCUT2D eigenvalue weighted by Gasteiger charge is 2.10. The molecule has 2 aromatic carbocycles. The molecular weight excluding hydrogens is 272 g/mol. The predicted molar refractivity (Wildman–Crippen MR) is 81.3 cm³/mol. The van der Waals surface area contributed by atoms with Gasteiger partial charge in [-0.05, 0) is 37.3 Å². The van der Waals surface area contributed by atoms with Crippen molar-refractivity contribution in [2.24, 2.45) is 0 Å². The third-order valence-corrected chi connectivity index (χ3v) is 3.53. The second-order valence-corrected chi connectivity index (χ2v) is 4.97. The van der Waals surface area contributed by atoms with Gasteiger partial charge >= 0.3 is 0 Å². The van der Waals surface area contributed by atoms with Crippen molar-refractivity contribution < 1.29 is 4.74 Å². The first-order chi connectivity index (χ1) is 9.69. The van der Waals surface area contributed by atoms with E-state index in [1.54, 1.807) is 7.11 Å². The molecule has 0 aliphatic heterocycles. The number of methoxy groups -OCH3 is 1. The topological polar surface area (TPSA) is 35.0 Å². The van der Waals surface area contributed by atoms with E-state index in [9.17, 15) is 0 Å². The monoisotopic (exact) mass is 284 g/mol. The van der Waals surface area contributed by atoms with Gasteiger partial charge in [0.15, 0.2) is 5.15 Å². The second kappa shape index (κ2) is 5.10. The Labute approximate surface area is 122 Å². The van der Waals surface area contributed by atoms with Crippen LogP contribution in [0.3, 0.4) is 0 Å². The van der Waals surface area contributed by atoms with Gasteiger partial charge in [0, 0.05) is 16.3 Å². The summed E-state index contributed by atoms with van der Waals surface area (Å²) in [6.45, 7) is 2.05. The molecule has 100 valence electrons. The van der Waals surface area contributed by atoms with Crippen LogP contribution in [-0.2, 0) is 0 Å². The molecule has 0 aliphatic rings. The lowest BCUT2D eigenvalue weighted by Crippen LogP contribution is -1.92. The van der Waals surface area contributed by atoms with E-state index in [0.29, 0.717) is 5.15 Å². The SMILES string of the molecule is COc1ccc(-c2nnc(Cl)c3ccc(C)cc23)cc1. The molecule has 0 unspecified atom stereocenters. The van der Waals surface area contributed by atoms with Crippen LogP contribution in [0.5, 0.6) is 5.75 Å². The fourth-order valence-corrected chi connectivity index (χ4v) is 2.40. The van der Waals surface area contributed by atoms with Crippen LogP contribution in [0.15, 0.2) is 42.5 Å². The van der Waals surface area contributed by atoms with Crippen molar-refractivity contribution in [3.63, 3.8) is 0 Å². The number of aryl methyl sites for hydroxylation is 1. The van der Waals surface area contributed by atoms with E-state index < -0.39 is 0 Å². The van der Waals surface area contributed by atoms with Crippen molar-refractivity contribution in [2.75, 3.05) is 7.11 Å². The fourth-order valence-electron chi connectivity index (χ4n) is 2.20. The first-order valence-electron chi connectivity index (χ1n) is 6.26. The van der Waals surface area contributed by atoms with Crippen molar-refractivity contribution >= 4 is 22.4 Å². The zero-order valence-corrected chi connectivity index (χ0v) is 12.0. The Morgan fingerprint density at radius 3 is 2.40 bits per heavy atom. The summed E-state index contributed by atoms with van der Waals surface area (Å²) in [5, 5.41) is 10.6. The van der Waals surface area contributed by atoms with E-state index in [1.807, 2.05) is 43.3 Å². The summed E-state index contributed by atoms with van der Waals surface area (Å²) in [4.78, 5) is 0. The molecule has 0 N–H and O–H groups in total. The molecule has 0 saturated heterocycles. The average molecular weight is 285 g/mol. The molecule has 3 nitrogen and oxygen atoms in total. The molecule has 4 heteroatoms. The molecule has 20 heavy (non-hydrogen) atoms. The Kier molecular flexibility index (Phi) is 3.28. The number of fused-ring (bicyclic) bond motifs is 1. The van der Waals surface area contributed by atoms with E-state index in [2.05, 4.69) is 16.3 Å². The average Bonchev–Trinajstić information content (AvgIpc) is 2.48. The Hall–Kier alpha value is -2.13. The Bertz CT molecular complexity index is 769. The molecule has 3 aromatic rings. The summed E-state index contributed by atoms with van der Waals surface area (Å²) in [5.41, 5.74) is 2.98. The maximum absolute atomic E-state index is 6.12. The van der Waals surface area contributed by atoms with Gasteiger partial charge < -0.3 is 4.74 Å². The van der Waals surface area contributed by atoms with E-state index in [1.165, 1.54) is 0 Å². The summed E-state index contributed by atoms with van der Waals surface area (Å²) in [6.07, 6.45) is 0. The van der Waals surface area contributed by atoms with Gasteiger partial charge in [0.1, 0.15) is 11.4 Å². The zero-order chi connectivity index (χ0) is 14.1. The molecular formula is C16H13ClN2O. The molecule has 0 aliphatic carbocycles. The van der Waals surface area contributed by atoms with E-state index >= 15 is 0 Å². The summed E-state index contributed by atoms with van der Waals surface area (Å²) in [6, 6.07) is 13.8. The first kappa shape index (κ1) is 12.9. The van der Waals surface area contributed by atoms with Crippen molar-refractivity contribution in [1.29, 1.82) is 0 Å². The largest absolute Gasteiger partial charge is 0.497 e. The lowest BCUT2D eigenvalue weighted by atomic mass is 10.0. The normalized spacial score (nSPS) is 10.8. The smallest absolute Gasteiger partial charge is 0.159 e. The highest BCUT2D eigenvalue weighted by atomic mass is 35.5. The van der Waals surface area contributed by atoms with Crippen LogP contribution in [0.4, 0.5) is 0 Å². The van der Waals surface area contributed by atoms with Gasteiger partial charge in [0.25, 0.3) is 0 Å². The molecule has 0 bridgehead atoms. The standard InChI is InChI=1S/C16H13ClN2O/c1-10-3-8-13-14(9-10)15(18-19-16(13)17)11-4-6-12(20-2)7-5-11/h3-9H,1-2H3. The van der Waals surface area contributed by atoms with Crippen LogP contribution in [0.2, 0.25) is 5.15 Å². The third-order valence-electron chi connectivity index (χ3n) is 3.25. The molecule has 1 aromatic heterocycles. The van der Waals surface area contributed by atoms with E-state index in [0.717, 1.165) is 33.3 Å². The van der Waals surface area contributed by atoms with E-state index in [-0.39, 0.29) is 0 Å². The maximum atomic E-state index is 6.12. The van der Waals surface area contributed by atoms with Crippen LogP contribution in [0.1, 0.15) is 5.56 Å². The first-order valence-corrected chi connectivity index (χ1v) is 6.64. The Balaban J connectivity index is 2.24. The molecule has 3 rings (SSSR count). The van der Waals surface area contributed by atoms with E-state index in [4.69, 9.17) is 16.3 Å². The highest BCUT2D eigenvalue weighted by Crippen LogP contribution is 2.31. The maximum Gasteiger partial charge on any atom is 0.159 e. The van der Waals surface area contributed by atoms with Gasteiger partial charge in [-0.3, -0.25) is 0 Å². The number of benzene rings is 2. The Morgan fingerprint density at radius 1 is 0.950 bits per heavy atom. The number of rotatable bonds is 2. The zero-order valence-electron chi connectivity index (χ0n) is 11.2. The van der Waals surface area contributed by atoms with Crippen molar-refractivity contribution in [2.45, 2.75) is 6.92 Å². The number of hydrogen-bond donors (Lipinski definition) is 0. The molecule has 0 radical (unpaired) electrons. The van der Waals surface area contributed by atoms with Gasteiger partial charge in [0.2, 0.25) is 0 Å². The van der Waals surface area contributed by atoms with Gasteiger partial charge in [-0.2, -0.15) is 0 Å². The summed E-state index contributed by atoms with van der Waals surface area (Å²) in [5.74, 6) is 0.816. The summed E-state index contributed by atoms with van der Waals surface area (Å²) < 4.78 is 5.17. The summed E-state index contributed by atoms with van der Waals surface area (Å²) in [7, 11) is 1.65. The van der Waals surface area contributed by atoms with Crippen LogP contribution in [-0.4, -0.2) is 17.3 Å². The molecule has 0 atom stereocenters. The second-order valence-electron chi connectivity index (χ2n) is 4.62. The number of halogens is 1. The number of nitrogens with zero attached hydrogens (tertiary/aromatic N) is 2. The molecule has 1 heterocycles. The molecule has 0 amide bonds. The number of aromatic nitrogens is 2. The minimum atomic E-state index is 0.428. The molecule has 0 spiro atoms. The van der Waals surface area contributed by atoms with Crippen LogP contribution in [0.25, 0.3) is 22.0 Å². The molecule has 0 saturated carbocycles. The summed E-state index contributed by atoms with van der Waals surface area (Å²) >= 11 is 6.12. The Morgan fingerprint density at radius 2 is 1.70 bits per heavy atom. The predicted octanol–water partition coefficient (Wildman–Crippen LogP) is 4.27. The number of hydrogen-bond acceptors (Lipinski definition) is 3. The minimum Gasteiger partial charge on any atom is -0.497 e. The third kappa shape index (κ3) is 2.21. The van der Waals surface area contributed by atoms with Crippen LogP contribution >= 0.6 is 11.6 Å². The van der Waals surface area contributed by atoms with Crippen molar-refractivity contribution in [3.05, 3.63) is 53.2 Å². The molecule has 0 fully saturated rings. The van der Waals surface area contributed by atoms with Gasteiger partial charge in [-0.25, -0.2) is 0 Å². The van der Waals surface area contributed by atoms with Crippen LogP contribution in [0, 0.1) is 6.92 Å². The quantitative estimate of drug-likeness (QED) is 0.705. The number of ether oxygens (including phenoxy) is 1. The van der Waals surface area contributed by atoms with Gasteiger partial charge in [-0.15, -0.1) is 10.2 Å². The lowest BCUT2D eigenvalue weighted by Gasteiger charge is -2.08. The lowest BCUT2D eigenvalue weighted by molar-refractivity contribution is 0.415. The van der Waals surface area contributed by atoms with Crippen molar-refractivity contribution in [1.82, 2.24) is 10.2 Å². The van der Waals surface area contributed by atoms with Crippen molar-refractivity contribution in [3.8, 4) is 17.0 Å². The fraction of sp³-hybridized carbons (Fsp3) is 0.125. The van der Waals surface area contributed by atoms with Crippen LogP contribution < -0.4 is 4.74 Å². The minimum absolute atomic E-state index is 0.428. The highest BCUT2D eigenvalue weighted by molar-refractivity contribution is 6.34.